The average Bonchev–Trinajstić information content (AvgIpc) is 3.65. The number of fused-ring (bicyclic) bond motifs is 3. The topological polar surface area (TPSA) is 102 Å². The number of nitrogens with one attached hydrogen (secondary N) is 1. The van der Waals surface area contributed by atoms with Gasteiger partial charge in [-0.25, -0.2) is 14.2 Å². The maximum absolute atomic E-state index is 5.85. The molecule has 7 heterocycles. The summed E-state index contributed by atoms with van der Waals surface area (Å²) in [6.07, 6.45) is 9.44. The fourth-order valence-electron chi connectivity index (χ4n) is 5.60. The normalized spacial score (nSPS) is 19.7. The average molecular weight is 468 g/mol. The summed E-state index contributed by atoms with van der Waals surface area (Å²) in [5, 5.41) is 16.8. The monoisotopic (exact) mass is 467 g/mol. The smallest absolute Gasteiger partial charge is 0.167 e. The lowest BCUT2D eigenvalue weighted by Gasteiger charge is -2.35. The molecule has 10 nitrogen and oxygen atoms in total. The molecule has 176 valence electrons. The molecular formula is C25H25N9O. The molecule has 2 atom stereocenters. The third kappa shape index (κ3) is 3.09. The number of nitrogens with zero attached hydrogens (tertiary/aromatic N) is 8. The zero-order valence-electron chi connectivity index (χ0n) is 19.6. The Morgan fingerprint density at radius 2 is 1.91 bits per heavy atom. The van der Waals surface area contributed by atoms with E-state index in [4.69, 9.17) is 19.9 Å². The number of H-pyrrole nitrogens is 1. The van der Waals surface area contributed by atoms with E-state index >= 15 is 0 Å². The van der Waals surface area contributed by atoms with Gasteiger partial charge in [0.05, 0.1) is 71.7 Å². The van der Waals surface area contributed by atoms with Crippen LogP contribution in [0.25, 0.3) is 33.8 Å². The fraction of sp³-hybridized carbons (Fsp3) is 0.320. The van der Waals surface area contributed by atoms with Gasteiger partial charge in [0, 0.05) is 24.0 Å². The first kappa shape index (κ1) is 20.3. The molecule has 5 aromatic heterocycles. The van der Waals surface area contributed by atoms with Gasteiger partial charge in [-0.05, 0) is 44.9 Å². The summed E-state index contributed by atoms with van der Waals surface area (Å²) in [5.41, 5.74) is 7.48. The number of aromatic amines is 1. The predicted octanol–water partition coefficient (Wildman–Crippen LogP) is 3.35. The highest BCUT2D eigenvalue weighted by Gasteiger charge is 2.39. The largest absolute Gasteiger partial charge is 0.377 e. The van der Waals surface area contributed by atoms with Crippen LogP contribution in [0.3, 0.4) is 0 Å². The molecule has 2 saturated heterocycles. The molecule has 0 aliphatic carbocycles. The molecule has 1 N–H and O–H groups in total. The Hall–Kier alpha value is -4.05. The Morgan fingerprint density at radius 3 is 2.66 bits per heavy atom. The maximum atomic E-state index is 5.85. The fourth-order valence-corrected chi connectivity index (χ4v) is 5.60. The highest BCUT2D eigenvalue weighted by Crippen LogP contribution is 2.38. The Bertz CT molecular complexity index is 1500. The lowest BCUT2D eigenvalue weighted by atomic mass is 10.1. The third-order valence-electron chi connectivity index (χ3n) is 7.19. The van der Waals surface area contributed by atoms with Crippen molar-refractivity contribution in [3.05, 3.63) is 60.4 Å². The van der Waals surface area contributed by atoms with E-state index in [9.17, 15) is 0 Å². The van der Waals surface area contributed by atoms with E-state index in [-0.39, 0.29) is 0 Å². The van der Waals surface area contributed by atoms with E-state index in [1.54, 1.807) is 12.4 Å². The molecule has 7 rings (SSSR count). The van der Waals surface area contributed by atoms with Gasteiger partial charge in [0.25, 0.3) is 0 Å². The van der Waals surface area contributed by atoms with Crippen LogP contribution in [0.5, 0.6) is 0 Å². The van der Waals surface area contributed by atoms with Crippen LogP contribution in [0, 0.1) is 13.8 Å². The van der Waals surface area contributed by atoms with Crippen LogP contribution in [-0.2, 0) is 4.74 Å². The third-order valence-corrected chi connectivity index (χ3v) is 7.19. The van der Waals surface area contributed by atoms with Crippen molar-refractivity contribution < 1.29 is 4.74 Å². The van der Waals surface area contributed by atoms with E-state index in [1.165, 1.54) is 0 Å². The molecule has 35 heavy (non-hydrogen) atoms. The van der Waals surface area contributed by atoms with Gasteiger partial charge in [0.2, 0.25) is 0 Å². The SMILES string of the molecule is Cc1nn(-c2cccnc2)c(C)c1-c1cc(N2C3CCC2COC3)nc2c(-c3ccn[nH]3)cnn12. The van der Waals surface area contributed by atoms with Crippen LogP contribution >= 0.6 is 0 Å². The van der Waals surface area contributed by atoms with Gasteiger partial charge < -0.3 is 9.64 Å². The van der Waals surface area contributed by atoms with Crippen molar-refractivity contribution in [2.75, 3.05) is 18.1 Å². The zero-order chi connectivity index (χ0) is 23.5. The second-order valence-electron chi connectivity index (χ2n) is 9.26. The number of hydrogen-bond acceptors (Lipinski definition) is 7. The van der Waals surface area contributed by atoms with Gasteiger partial charge in [0.1, 0.15) is 5.82 Å². The van der Waals surface area contributed by atoms with Crippen LogP contribution in [-0.4, -0.2) is 64.9 Å². The summed E-state index contributed by atoms with van der Waals surface area (Å²) in [7, 11) is 0. The van der Waals surface area contributed by atoms with Crippen molar-refractivity contribution in [3.8, 4) is 28.2 Å². The number of aryl methyl sites for hydroxylation is 1. The summed E-state index contributed by atoms with van der Waals surface area (Å²) >= 11 is 0. The van der Waals surface area contributed by atoms with E-state index < -0.39 is 0 Å². The number of aromatic nitrogens is 8. The molecule has 0 radical (unpaired) electrons. The number of morpholine rings is 1. The van der Waals surface area contributed by atoms with E-state index in [0.29, 0.717) is 12.1 Å². The Morgan fingerprint density at radius 1 is 1.06 bits per heavy atom. The highest BCUT2D eigenvalue weighted by atomic mass is 16.5. The minimum absolute atomic E-state index is 0.343. The van der Waals surface area contributed by atoms with Crippen molar-refractivity contribution in [1.82, 2.24) is 39.6 Å². The first-order valence-corrected chi connectivity index (χ1v) is 11.9. The molecular weight excluding hydrogens is 442 g/mol. The first-order valence-electron chi connectivity index (χ1n) is 11.9. The van der Waals surface area contributed by atoms with E-state index in [0.717, 1.165) is 77.1 Å². The van der Waals surface area contributed by atoms with Crippen LogP contribution in [0.4, 0.5) is 5.82 Å². The second-order valence-corrected chi connectivity index (χ2v) is 9.26. The maximum Gasteiger partial charge on any atom is 0.167 e. The van der Waals surface area contributed by atoms with Gasteiger partial charge in [-0.1, -0.05) is 0 Å². The van der Waals surface area contributed by atoms with E-state index in [2.05, 4.69) is 33.1 Å². The summed E-state index contributed by atoms with van der Waals surface area (Å²) in [6.45, 7) is 5.61. The first-order chi connectivity index (χ1) is 17.2. The van der Waals surface area contributed by atoms with Gasteiger partial charge in [0.15, 0.2) is 5.65 Å². The Kier molecular flexibility index (Phi) is 4.50. The van der Waals surface area contributed by atoms with Crippen molar-refractivity contribution in [2.24, 2.45) is 0 Å². The lowest BCUT2D eigenvalue weighted by molar-refractivity contribution is 0.0902. The summed E-state index contributed by atoms with van der Waals surface area (Å²) in [6, 6.07) is 8.73. The van der Waals surface area contributed by atoms with Gasteiger partial charge in [-0.3, -0.25) is 10.1 Å². The van der Waals surface area contributed by atoms with Crippen LogP contribution in [0.2, 0.25) is 0 Å². The van der Waals surface area contributed by atoms with Crippen LogP contribution in [0.1, 0.15) is 24.2 Å². The molecule has 0 aromatic carbocycles. The summed E-state index contributed by atoms with van der Waals surface area (Å²) in [5.74, 6) is 0.956. The number of pyridine rings is 1. The highest BCUT2D eigenvalue weighted by molar-refractivity contribution is 5.80. The molecule has 0 amide bonds. The van der Waals surface area contributed by atoms with Crippen molar-refractivity contribution in [2.45, 2.75) is 38.8 Å². The Balaban J connectivity index is 1.47. The van der Waals surface area contributed by atoms with Crippen LogP contribution in [0.15, 0.2) is 49.1 Å². The molecule has 0 spiro atoms. The molecule has 10 heteroatoms. The minimum Gasteiger partial charge on any atom is -0.377 e. The van der Waals surface area contributed by atoms with Gasteiger partial charge in [-0.15, -0.1) is 0 Å². The van der Waals surface area contributed by atoms with Crippen molar-refractivity contribution in [1.29, 1.82) is 0 Å². The summed E-state index contributed by atoms with van der Waals surface area (Å²) in [4.78, 5) is 11.9. The number of rotatable bonds is 4. The molecule has 2 fully saturated rings. The van der Waals surface area contributed by atoms with Crippen LogP contribution < -0.4 is 4.90 Å². The molecule has 2 aliphatic rings. The predicted molar refractivity (Wildman–Crippen MR) is 131 cm³/mol. The number of hydrogen-bond donors (Lipinski definition) is 1. The number of ether oxygens (including phenoxy) is 1. The standard InChI is InChI=1S/C25H25N9O/c1-15-24(16(2)33(31-15)17-4-3-8-26-11-17)22-10-23(32-18-5-6-19(32)14-35-13-18)29-25-20(12-28-34(22)25)21-7-9-27-30-21/h3-4,7-12,18-19H,5-6,13-14H2,1-2H3,(H,27,30). The molecule has 2 bridgehead atoms. The van der Waals surface area contributed by atoms with Gasteiger partial charge in [-0.2, -0.15) is 15.3 Å². The van der Waals surface area contributed by atoms with Crippen molar-refractivity contribution in [3.63, 3.8) is 0 Å². The van der Waals surface area contributed by atoms with Crippen molar-refractivity contribution >= 4 is 11.5 Å². The summed E-state index contributed by atoms with van der Waals surface area (Å²) < 4.78 is 9.72. The number of anilines is 1. The zero-order valence-corrected chi connectivity index (χ0v) is 19.6. The molecule has 2 aliphatic heterocycles. The molecule has 2 unspecified atom stereocenters. The van der Waals surface area contributed by atoms with E-state index in [1.807, 2.05) is 46.7 Å². The van der Waals surface area contributed by atoms with Gasteiger partial charge >= 0.3 is 0 Å². The molecule has 0 saturated carbocycles. The second kappa shape index (κ2) is 7.74. The lowest BCUT2D eigenvalue weighted by Crippen LogP contribution is -2.46. The minimum atomic E-state index is 0.343. The quantitative estimate of drug-likeness (QED) is 0.432. The Labute approximate surface area is 201 Å². The molecule has 5 aromatic rings.